The molecule has 9 heteroatoms. The molecular formula is C22H22F2N2O4S. The van der Waals surface area contributed by atoms with Crippen molar-refractivity contribution < 1.29 is 27.1 Å². The van der Waals surface area contributed by atoms with Crippen molar-refractivity contribution in [1.82, 2.24) is 8.87 Å². The minimum atomic E-state index is -3.81. The number of aromatic nitrogens is 1. The lowest BCUT2D eigenvalue weighted by molar-refractivity contribution is -0.137. The molecule has 0 spiro atoms. The molecule has 2 heterocycles. The third-order valence-electron chi connectivity index (χ3n) is 5.92. The van der Waals surface area contributed by atoms with Crippen LogP contribution in [0, 0.1) is 18.6 Å². The summed E-state index contributed by atoms with van der Waals surface area (Å²) in [6.45, 7) is 2.06. The number of sulfonamides is 1. The molecule has 1 fully saturated rings. The maximum atomic E-state index is 14.0. The van der Waals surface area contributed by atoms with Crippen LogP contribution in [0.2, 0.25) is 0 Å². The van der Waals surface area contributed by atoms with E-state index in [2.05, 4.69) is 0 Å². The van der Waals surface area contributed by atoms with Crippen molar-refractivity contribution in [2.75, 3.05) is 13.1 Å². The number of hydrogen-bond acceptors (Lipinski definition) is 3. The van der Waals surface area contributed by atoms with Gasteiger partial charge in [0.2, 0.25) is 10.0 Å². The zero-order valence-corrected chi connectivity index (χ0v) is 17.7. The Bertz CT molecular complexity index is 1260. The molecule has 0 aliphatic carbocycles. The van der Waals surface area contributed by atoms with Crippen molar-refractivity contribution in [2.24, 2.45) is 0 Å². The van der Waals surface area contributed by atoms with E-state index in [4.69, 9.17) is 0 Å². The molecule has 1 aliphatic rings. The highest BCUT2D eigenvalue weighted by Gasteiger charge is 2.32. The van der Waals surface area contributed by atoms with Crippen molar-refractivity contribution in [1.29, 1.82) is 0 Å². The van der Waals surface area contributed by atoms with E-state index in [1.165, 1.54) is 34.6 Å². The summed E-state index contributed by atoms with van der Waals surface area (Å²) in [6.07, 6.45) is 0.996. The molecule has 1 saturated heterocycles. The number of carbonyl (C=O) groups is 1. The number of hydrogen-bond donors (Lipinski definition) is 1. The number of piperidine rings is 1. The number of benzene rings is 2. The highest BCUT2D eigenvalue weighted by atomic mass is 32.2. The molecule has 0 unspecified atom stereocenters. The number of rotatable bonds is 5. The maximum Gasteiger partial charge on any atom is 0.323 e. The van der Waals surface area contributed by atoms with Crippen LogP contribution in [0.25, 0.3) is 10.9 Å². The van der Waals surface area contributed by atoms with E-state index < -0.39 is 27.6 Å². The van der Waals surface area contributed by atoms with Crippen LogP contribution in [0.5, 0.6) is 0 Å². The first-order valence-corrected chi connectivity index (χ1v) is 11.4. The van der Waals surface area contributed by atoms with Crippen LogP contribution in [-0.4, -0.2) is 41.5 Å². The SMILES string of the molecule is Cc1c(C2CCN(S(=O)(=O)c3cccc(F)c3)CC2)c2cc(F)ccc2n1CC(=O)O. The van der Waals surface area contributed by atoms with Gasteiger partial charge in [0.05, 0.1) is 4.90 Å². The Morgan fingerprint density at radius 3 is 2.42 bits per heavy atom. The van der Waals surface area contributed by atoms with Gasteiger partial charge in [-0.25, -0.2) is 17.2 Å². The van der Waals surface area contributed by atoms with Crippen LogP contribution in [0.4, 0.5) is 8.78 Å². The quantitative estimate of drug-likeness (QED) is 0.643. The molecule has 0 bridgehead atoms. The summed E-state index contributed by atoms with van der Waals surface area (Å²) in [5.74, 6) is -2.06. The molecular weight excluding hydrogens is 426 g/mol. The third kappa shape index (κ3) is 3.95. The second-order valence-corrected chi connectivity index (χ2v) is 9.71. The van der Waals surface area contributed by atoms with E-state index in [1.54, 1.807) is 10.6 Å². The summed E-state index contributed by atoms with van der Waals surface area (Å²) in [5.41, 5.74) is 2.25. The summed E-state index contributed by atoms with van der Waals surface area (Å²) in [6, 6.07) is 9.23. The van der Waals surface area contributed by atoms with Crippen LogP contribution < -0.4 is 0 Å². The van der Waals surface area contributed by atoms with Gasteiger partial charge in [0.1, 0.15) is 18.2 Å². The number of fused-ring (bicyclic) bond motifs is 1. The van der Waals surface area contributed by atoms with E-state index in [1.807, 2.05) is 6.92 Å². The largest absolute Gasteiger partial charge is 0.480 e. The van der Waals surface area contributed by atoms with Gasteiger partial charge in [-0.3, -0.25) is 4.79 Å². The number of halogens is 2. The van der Waals surface area contributed by atoms with Gasteiger partial charge in [-0.1, -0.05) is 6.07 Å². The van der Waals surface area contributed by atoms with Crippen molar-refractivity contribution >= 4 is 26.9 Å². The summed E-state index contributed by atoms with van der Waals surface area (Å²) in [7, 11) is -3.81. The van der Waals surface area contributed by atoms with Crippen LogP contribution in [-0.2, 0) is 21.4 Å². The summed E-state index contributed by atoms with van der Waals surface area (Å²) in [5, 5.41) is 9.94. The molecule has 31 heavy (non-hydrogen) atoms. The fraction of sp³-hybridized carbons (Fsp3) is 0.318. The van der Waals surface area contributed by atoms with Gasteiger partial charge >= 0.3 is 5.97 Å². The lowest BCUT2D eigenvalue weighted by Gasteiger charge is -2.31. The molecule has 0 amide bonds. The topological polar surface area (TPSA) is 79.6 Å². The normalized spacial score (nSPS) is 16.1. The minimum absolute atomic E-state index is 0.0432. The standard InChI is InChI=1S/C22H22F2N2O4S/c1-14-22(19-12-17(24)5-6-20(19)26(14)13-21(27)28)15-7-9-25(10-8-15)31(29,30)18-4-2-3-16(23)11-18/h2-6,11-12,15H,7-10,13H2,1H3,(H,27,28). The monoisotopic (exact) mass is 448 g/mol. The van der Waals surface area contributed by atoms with Gasteiger partial charge in [0, 0.05) is 29.7 Å². The Labute approximate surface area is 178 Å². The molecule has 1 aliphatic heterocycles. The van der Waals surface area contributed by atoms with E-state index in [9.17, 15) is 27.1 Å². The molecule has 4 rings (SSSR count). The molecule has 0 radical (unpaired) electrons. The van der Waals surface area contributed by atoms with E-state index in [0.717, 1.165) is 17.3 Å². The zero-order valence-electron chi connectivity index (χ0n) is 16.9. The fourth-order valence-corrected chi connectivity index (χ4v) is 6.00. The number of nitrogens with zero attached hydrogens (tertiary/aromatic N) is 2. The summed E-state index contributed by atoms with van der Waals surface area (Å²) >= 11 is 0. The predicted octanol–water partition coefficient (Wildman–Crippen LogP) is 3.88. The first kappa shape index (κ1) is 21.5. The predicted molar refractivity (Wildman–Crippen MR) is 111 cm³/mol. The Kier molecular flexibility index (Phi) is 5.57. The van der Waals surface area contributed by atoms with Crippen molar-refractivity contribution in [3.63, 3.8) is 0 Å². The Balaban J connectivity index is 1.64. The summed E-state index contributed by atoms with van der Waals surface area (Å²) in [4.78, 5) is 11.3. The first-order valence-electron chi connectivity index (χ1n) is 9.94. The molecule has 0 saturated carbocycles. The van der Waals surface area contributed by atoms with Gasteiger partial charge in [-0.15, -0.1) is 0 Å². The molecule has 1 N–H and O–H groups in total. The molecule has 6 nitrogen and oxygen atoms in total. The van der Waals surface area contributed by atoms with Gasteiger partial charge in [0.25, 0.3) is 0 Å². The fourth-order valence-electron chi connectivity index (χ4n) is 4.50. The third-order valence-corrected chi connectivity index (χ3v) is 7.82. The molecule has 1 aromatic heterocycles. The molecule has 3 aromatic rings. The second kappa shape index (κ2) is 8.05. The van der Waals surface area contributed by atoms with Crippen LogP contribution in [0.3, 0.4) is 0 Å². The lowest BCUT2D eigenvalue weighted by atomic mass is 9.88. The Morgan fingerprint density at radius 2 is 1.77 bits per heavy atom. The number of aliphatic carboxylic acids is 1. The van der Waals surface area contributed by atoms with Gasteiger partial charge < -0.3 is 9.67 Å². The second-order valence-electron chi connectivity index (χ2n) is 7.78. The first-order chi connectivity index (χ1) is 14.7. The van der Waals surface area contributed by atoms with Crippen molar-refractivity contribution in [3.8, 4) is 0 Å². The maximum absolute atomic E-state index is 14.0. The van der Waals surface area contributed by atoms with Crippen LogP contribution in [0.15, 0.2) is 47.4 Å². The van der Waals surface area contributed by atoms with Crippen molar-refractivity contribution in [3.05, 3.63) is 65.4 Å². The highest BCUT2D eigenvalue weighted by Crippen LogP contribution is 2.38. The number of carboxylic acids is 1. The van der Waals surface area contributed by atoms with E-state index >= 15 is 0 Å². The number of carboxylic acid groups (broad SMARTS) is 1. The minimum Gasteiger partial charge on any atom is -0.480 e. The van der Waals surface area contributed by atoms with Gasteiger partial charge in [0.15, 0.2) is 0 Å². The smallest absolute Gasteiger partial charge is 0.323 e. The average Bonchev–Trinajstić information content (AvgIpc) is 2.98. The average molecular weight is 448 g/mol. The van der Waals surface area contributed by atoms with Crippen LogP contribution >= 0.6 is 0 Å². The van der Waals surface area contributed by atoms with E-state index in [0.29, 0.717) is 23.7 Å². The highest BCUT2D eigenvalue weighted by molar-refractivity contribution is 7.89. The molecule has 2 aromatic carbocycles. The van der Waals surface area contributed by atoms with Gasteiger partial charge in [-0.2, -0.15) is 4.31 Å². The lowest BCUT2D eigenvalue weighted by Crippen LogP contribution is -2.38. The van der Waals surface area contributed by atoms with Gasteiger partial charge in [-0.05, 0) is 67.6 Å². The molecule has 0 atom stereocenters. The molecule has 164 valence electrons. The zero-order chi connectivity index (χ0) is 22.3. The summed E-state index contributed by atoms with van der Waals surface area (Å²) < 4.78 is 56.2. The Hall–Kier alpha value is -2.78. The Morgan fingerprint density at radius 1 is 1.10 bits per heavy atom. The van der Waals surface area contributed by atoms with E-state index in [-0.39, 0.29) is 30.4 Å². The van der Waals surface area contributed by atoms with Crippen LogP contribution in [0.1, 0.15) is 30.0 Å². The van der Waals surface area contributed by atoms with Crippen molar-refractivity contribution in [2.45, 2.75) is 37.1 Å².